The molecule has 2 fully saturated rings. The molecule has 0 spiro atoms. The molecule has 2 aliphatic rings. The predicted molar refractivity (Wildman–Crippen MR) is 57.3 cm³/mol. The zero-order chi connectivity index (χ0) is 11.0. The Morgan fingerprint density at radius 2 is 2.00 bits per heavy atom. The molecule has 5 atom stereocenters. The molecular weight excluding hydrogens is 192 g/mol. The maximum Gasteiger partial charge on any atom is 0.144 e. The van der Waals surface area contributed by atoms with Crippen LogP contribution >= 0.6 is 0 Å². The van der Waals surface area contributed by atoms with Gasteiger partial charge < -0.3 is 14.6 Å². The molecule has 0 aromatic heterocycles. The smallest absolute Gasteiger partial charge is 0.144 e. The largest absolute Gasteiger partial charge is 0.373 e. The number of fused-ring (bicyclic) bond motifs is 2. The lowest BCUT2D eigenvalue weighted by Gasteiger charge is -2.34. The molecule has 3 heteroatoms. The third-order valence-corrected chi connectivity index (χ3v) is 3.89. The second-order valence-corrected chi connectivity index (χ2v) is 5.28. The number of aliphatic hydroxyl groups is 1. The Bertz CT molecular complexity index is 217. The minimum absolute atomic E-state index is 0.117. The highest BCUT2D eigenvalue weighted by Crippen LogP contribution is 2.50. The van der Waals surface area contributed by atoms with Gasteiger partial charge in [-0.25, -0.2) is 0 Å². The van der Waals surface area contributed by atoms with Crippen LogP contribution in [-0.2, 0) is 9.47 Å². The molecule has 0 heterocycles. The minimum atomic E-state index is -0.182. The van der Waals surface area contributed by atoms with Crippen molar-refractivity contribution in [3.8, 4) is 0 Å². The van der Waals surface area contributed by atoms with E-state index in [1.54, 1.807) is 0 Å². The summed E-state index contributed by atoms with van der Waals surface area (Å²) >= 11 is 0. The van der Waals surface area contributed by atoms with Crippen LogP contribution < -0.4 is 0 Å². The van der Waals surface area contributed by atoms with Crippen LogP contribution in [0.3, 0.4) is 0 Å². The second-order valence-electron chi connectivity index (χ2n) is 5.28. The van der Waals surface area contributed by atoms with Crippen molar-refractivity contribution < 1.29 is 14.6 Å². The van der Waals surface area contributed by atoms with Gasteiger partial charge in [0, 0.05) is 0 Å². The van der Waals surface area contributed by atoms with Crippen molar-refractivity contribution in [1.29, 1.82) is 0 Å². The normalized spacial score (nSPS) is 44.2. The molecule has 1 N–H and O–H groups in total. The number of rotatable bonds is 4. The maximum atomic E-state index is 8.92. The summed E-state index contributed by atoms with van der Waals surface area (Å²) in [4.78, 5) is 0. The first kappa shape index (κ1) is 11.4. The Morgan fingerprint density at radius 1 is 1.27 bits per heavy atom. The van der Waals surface area contributed by atoms with Crippen LogP contribution in [0.5, 0.6) is 0 Å². The van der Waals surface area contributed by atoms with E-state index in [0.717, 1.165) is 5.92 Å². The molecule has 0 aliphatic heterocycles. The Hall–Kier alpha value is -0.120. The van der Waals surface area contributed by atoms with Gasteiger partial charge in [0.25, 0.3) is 0 Å². The summed E-state index contributed by atoms with van der Waals surface area (Å²) in [6, 6.07) is 0. The van der Waals surface area contributed by atoms with E-state index in [1.807, 2.05) is 0 Å². The van der Waals surface area contributed by atoms with Crippen molar-refractivity contribution in [2.24, 2.45) is 17.8 Å². The molecular formula is C12H22O3. The van der Waals surface area contributed by atoms with Crippen LogP contribution in [0.25, 0.3) is 0 Å². The zero-order valence-corrected chi connectivity index (χ0v) is 9.85. The number of hydrogen-bond acceptors (Lipinski definition) is 3. The predicted octanol–water partition coefficient (Wildman–Crippen LogP) is 1.79. The number of hydrogen-bond donors (Lipinski definition) is 1. The van der Waals surface area contributed by atoms with Crippen LogP contribution in [0.2, 0.25) is 0 Å². The Kier molecular flexibility index (Phi) is 3.33. The Labute approximate surface area is 91.8 Å². The highest BCUT2D eigenvalue weighted by molar-refractivity contribution is 5.01. The summed E-state index contributed by atoms with van der Waals surface area (Å²) in [7, 11) is 0. The van der Waals surface area contributed by atoms with Gasteiger partial charge in [0.2, 0.25) is 0 Å². The summed E-state index contributed by atoms with van der Waals surface area (Å²) in [6.45, 7) is 6.22. The Balaban J connectivity index is 2.03. The Morgan fingerprint density at radius 3 is 2.60 bits per heavy atom. The molecule has 0 aromatic rings. The first-order chi connectivity index (χ1) is 7.13. The van der Waals surface area contributed by atoms with E-state index in [4.69, 9.17) is 14.6 Å². The van der Waals surface area contributed by atoms with E-state index in [0.29, 0.717) is 11.8 Å². The van der Waals surface area contributed by atoms with Crippen LogP contribution in [-0.4, -0.2) is 30.2 Å². The molecule has 2 bridgehead atoms. The van der Waals surface area contributed by atoms with E-state index in [1.165, 1.54) is 12.8 Å². The molecule has 0 radical (unpaired) electrons. The third kappa shape index (κ3) is 2.05. The molecule has 0 saturated heterocycles. The lowest BCUT2D eigenvalue weighted by molar-refractivity contribution is -0.154. The van der Waals surface area contributed by atoms with E-state index < -0.39 is 0 Å². The van der Waals surface area contributed by atoms with Gasteiger partial charge in [0.05, 0.1) is 18.3 Å². The summed E-state index contributed by atoms with van der Waals surface area (Å²) < 4.78 is 11.4. The van der Waals surface area contributed by atoms with E-state index in [2.05, 4.69) is 20.8 Å². The molecule has 2 saturated carbocycles. The molecule has 3 nitrogen and oxygen atoms in total. The van der Waals surface area contributed by atoms with Crippen molar-refractivity contribution in [1.82, 2.24) is 0 Å². The van der Waals surface area contributed by atoms with Gasteiger partial charge in [-0.15, -0.1) is 0 Å². The SMILES string of the molecule is CC(C)O[C@H]1C2CC(C)C(C2)C1OCO. The molecule has 0 aromatic carbocycles. The van der Waals surface area contributed by atoms with Crippen molar-refractivity contribution in [3.05, 3.63) is 0 Å². The molecule has 15 heavy (non-hydrogen) atoms. The first-order valence-electron chi connectivity index (χ1n) is 6.01. The highest BCUT2D eigenvalue weighted by Gasteiger charge is 2.52. The van der Waals surface area contributed by atoms with Crippen LogP contribution in [0.15, 0.2) is 0 Å². The summed E-state index contributed by atoms with van der Waals surface area (Å²) in [5.41, 5.74) is 0. The van der Waals surface area contributed by atoms with Crippen LogP contribution in [0.4, 0.5) is 0 Å². The number of ether oxygens (including phenoxy) is 2. The van der Waals surface area contributed by atoms with Gasteiger partial charge in [0.15, 0.2) is 0 Å². The van der Waals surface area contributed by atoms with Crippen LogP contribution in [0.1, 0.15) is 33.6 Å². The maximum absolute atomic E-state index is 8.92. The summed E-state index contributed by atoms with van der Waals surface area (Å²) in [6.07, 6.45) is 3.04. The fourth-order valence-corrected chi connectivity index (χ4v) is 3.38. The van der Waals surface area contributed by atoms with Crippen molar-refractivity contribution in [2.45, 2.75) is 51.9 Å². The van der Waals surface area contributed by atoms with Gasteiger partial charge in [-0.1, -0.05) is 6.92 Å². The van der Waals surface area contributed by atoms with Crippen molar-refractivity contribution >= 4 is 0 Å². The molecule has 2 aliphatic carbocycles. The summed E-state index contributed by atoms with van der Waals surface area (Å²) in [5.74, 6) is 1.95. The third-order valence-electron chi connectivity index (χ3n) is 3.89. The molecule has 88 valence electrons. The van der Waals surface area contributed by atoms with Gasteiger partial charge >= 0.3 is 0 Å². The fourth-order valence-electron chi connectivity index (χ4n) is 3.38. The average molecular weight is 214 g/mol. The van der Waals surface area contributed by atoms with Gasteiger partial charge in [-0.3, -0.25) is 0 Å². The van der Waals surface area contributed by atoms with Gasteiger partial charge in [-0.05, 0) is 44.4 Å². The van der Waals surface area contributed by atoms with Crippen LogP contribution in [0, 0.1) is 17.8 Å². The van der Waals surface area contributed by atoms with Gasteiger partial charge in [0.1, 0.15) is 6.79 Å². The quantitative estimate of drug-likeness (QED) is 0.725. The average Bonchev–Trinajstić information content (AvgIpc) is 2.65. The van der Waals surface area contributed by atoms with Gasteiger partial charge in [-0.2, -0.15) is 0 Å². The van der Waals surface area contributed by atoms with Crippen molar-refractivity contribution in [3.63, 3.8) is 0 Å². The molecule has 4 unspecified atom stereocenters. The lowest BCUT2D eigenvalue weighted by Crippen LogP contribution is -2.41. The van der Waals surface area contributed by atoms with E-state index >= 15 is 0 Å². The lowest BCUT2D eigenvalue weighted by atomic mass is 9.86. The zero-order valence-electron chi connectivity index (χ0n) is 9.85. The first-order valence-corrected chi connectivity index (χ1v) is 6.01. The second kappa shape index (κ2) is 4.40. The topological polar surface area (TPSA) is 38.7 Å². The minimum Gasteiger partial charge on any atom is -0.373 e. The number of aliphatic hydroxyl groups excluding tert-OH is 1. The standard InChI is InChI=1S/C12H22O3/c1-7(2)15-11-9-4-8(3)10(5-9)12(11)14-6-13/h7-13H,4-6H2,1-3H3/t8?,9?,10?,11-,12?/m0/s1. The molecule has 0 amide bonds. The van der Waals surface area contributed by atoms with Crippen molar-refractivity contribution in [2.75, 3.05) is 6.79 Å². The van der Waals surface area contributed by atoms with E-state index in [-0.39, 0.29) is 25.1 Å². The highest BCUT2D eigenvalue weighted by atomic mass is 16.6. The summed E-state index contributed by atoms with van der Waals surface area (Å²) in [5, 5.41) is 8.92. The fraction of sp³-hybridized carbons (Fsp3) is 1.00. The monoisotopic (exact) mass is 214 g/mol. The molecule has 2 rings (SSSR count). The van der Waals surface area contributed by atoms with E-state index in [9.17, 15) is 0 Å².